The molecule has 0 radical (unpaired) electrons. The molecule has 60 valence electrons. The Morgan fingerprint density at radius 3 is 2.83 bits per heavy atom. The van der Waals surface area contributed by atoms with E-state index in [9.17, 15) is 0 Å². The Labute approximate surface area is 72.1 Å². The van der Waals surface area contributed by atoms with Gasteiger partial charge in [-0.2, -0.15) is 5.10 Å². The Morgan fingerprint density at radius 2 is 2.17 bits per heavy atom. The Morgan fingerprint density at radius 1 is 1.33 bits per heavy atom. The number of aromatic nitrogens is 3. The van der Waals surface area contributed by atoms with Crippen LogP contribution in [0, 0.1) is 0 Å². The summed E-state index contributed by atoms with van der Waals surface area (Å²) < 4.78 is 8.94. The molecule has 0 fully saturated rings. The Kier molecular flexibility index (Phi) is 1.57. The van der Waals surface area contributed by atoms with Crippen LogP contribution in [0.1, 0.15) is 6.93 Å². The minimum absolute atomic E-state index is 0.198. The summed E-state index contributed by atoms with van der Waals surface area (Å²) in [5.41, 5.74) is 1.13. The smallest absolute Gasteiger partial charge is 0.137 e. The van der Waals surface area contributed by atoms with E-state index in [2.05, 4.69) is 10.1 Å². The van der Waals surface area contributed by atoms with E-state index in [4.69, 9.17) is 1.37 Å². The van der Waals surface area contributed by atoms with Gasteiger partial charge in [-0.25, -0.2) is 9.67 Å². The van der Waals surface area contributed by atoms with E-state index in [1.54, 1.807) is 4.68 Å². The highest BCUT2D eigenvalue weighted by molar-refractivity contribution is 5.14. The van der Waals surface area contributed by atoms with E-state index < -0.39 is 0 Å². The second-order valence-corrected chi connectivity index (χ2v) is 2.50. The van der Waals surface area contributed by atoms with Crippen molar-refractivity contribution >= 4 is 0 Å². The van der Waals surface area contributed by atoms with Gasteiger partial charge < -0.3 is 0 Å². The standard InChI is InChI=1S/C9H9N3/c1-2-4-9(5-3-1)6-12-8-10-7-11-12/h1-5,7-8H,6H2/i8D. The Bertz CT molecular complexity index is 383. The van der Waals surface area contributed by atoms with Crippen LogP contribution in [0.15, 0.2) is 43.0 Å². The lowest BCUT2D eigenvalue weighted by Gasteiger charge is -1.98. The number of hydrogen-bond donors (Lipinski definition) is 0. The average Bonchev–Trinajstić information content (AvgIpc) is 2.54. The van der Waals surface area contributed by atoms with E-state index in [1.807, 2.05) is 30.3 Å². The molecule has 0 atom stereocenters. The van der Waals surface area contributed by atoms with Gasteiger partial charge in [0, 0.05) is 0 Å². The van der Waals surface area contributed by atoms with Crippen LogP contribution in [0.5, 0.6) is 0 Å². The van der Waals surface area contributed by atoms with E-state index >= 15 is 0 Å². The zero-order chi connectivity index (χ0) is 9.10. The van der Waals surface area contributed by atoms with Crippen molar-refractivity contribution in [2.75, 3.05) is 0 Å². The predicted molar refractivity (Wildman–Crippen MR) is 45.6 cm³/mol. The molecular formula is C9H9N3. The van der Waals surface area contributed by atoms with Gasteiger partial charge in [-0.15, -0.1) is 0 Å². The monoisotopic (exact) mass is 160 g/mol. The van der Waals surface area contributed by atoms with Crippen molar-refractivity contribution in [2.45, 2.75) is 6.54 Å². The first kappa shape index (κ1) is 5.94. The molecule has 0 aliphatic heterocycles. The molecule has 3 nitrogen and oxygen atoms in total. The molecule has 3 heteroatoms. The fourth-order valence-corrected chi connectivity index (χ4v) is 1.04. The van der Waals surface area contributed by atoms with Crippen molar-refractivity contribution in [1.29, 1.82) is 0 Å². The zero-order valence-corrected chi connectivity index (χ0v) is 6.51. The van der Waals surface area contributed by atoms with Gasteiger partial charge in [0.05, 0.1) is 6.54 Å². The van der Waals surface area contributed by atoms with Crippen LogP contribution in [0.3, 0.4) is 0 Å². The molecule has 0 saturated heterocycles. The second kappa shape index (κ2) is 3.17. The lowest BCUT2D eigenvalue weighted by molar-refractivity contribution is 0.685. The van der Waals surface area contributed by atoms with Gasteiger partial charge in [0.2, 0.25) is 0 Å². The number of nitrogens with zero attached hydrogens (tertiary/aromatic N) is 3. The van der Waals surface area contributed by atoms with E-state index in [0.717, 1.165) is 5.56 Å². The van der Waals surface area contributed by atoms with E-state index in [0.29, 0.717) is 6.54 Å². The maximum absolute atomic E-state index is 7.39. The predicted octanol–water partition coefficient (Wildman–Crippen LogP) is 1.33. The van der Waals surface area contributed by atoms with E-state index in [1.165, 1.54) is 6.33 Å². The largest absolute Gasteiger partial charge is 0.249 e. The summed E-state index contributed by atoms with van der Waals surface area (Å²) in [4.78, 5) is 3.73. The third-order valence-corrected chi connectivity index (χ3v) is 1.60. The molecule has 0 saturated carbocycles. The van der Waals surface area contributed by atoms with Gasteiger partial charge in [-0.1, -0.05) is 30.3 Å². The third-order valence-electron chi connectivity index (χ3n) is 1.60. The lowest BCUT2D eigenvalue weighted by Crippen LogP contribution is -1.98. The molecule has 1 aromatic carbocycles. The van der Waals surface area contributed by atoms with Gasteiger partial charge in [0.25, 0.3) is 0 Å². The summed E-state index contributed by atoms with van der Waals surface area (Å²) in [6.45, 7) is 0.611. The molecule has 1 heterocycles. The zero-order valence-electron chi connectivity index (χ0n) is 7.51. The highest BCUT2D eigenvalue weighted by Crippen LogP contribution is 1.99. The molecule has 0 aliphatic rings. The summed E-state index contributed by atoms with van der Waals surface area (Å²) in [6.07, 6.45) is 1.59. The van der Waals surface area contributed by atoms with Crippen LogP contribution in [0.2, 0.25) is 0 Å². The summed E-state index contributed by atoms with van der Waals surface area (Å²) in [7, 11) is 0. The van der Waals surface area contributed by atoms with Crippen LogP contribution in [-0.4, -0.2) is 14.8 Å². The summed E-state index contributed by atoms with van der Waals surface area (Å²) in [5.74, 6) is 0. The fraction of sp³-hybridized carbons (Fsp3) is 0.111. The van der Waals surface area contributed by atoms with Crippen molar-refractivity contribution < 1.29 is 1.37 Å². The summed E-state index contributed by atoms with van der Waals surface area (Å²) >= 11 is 0. The maximum Gasteiger partial charge on any atom is 0.137 e. The number of benzene rings is 1. The summed E-state index contributed by atoms with van der Waals surface area (Å²) in [6, 6.07) is 9.90. The topological polar surface area (TPSA) is 30.7 Å². The normalized spacial score (nSPS) is 11.2. The van der Waals surface area contributed by atoms with Crippen LogP contribution >= 0.6 is 0 Å². The first-order chi connectivity index (χ1) is 6.36. The van der Waals surface area contributed by atoms with Gasteiger partial charge in [0.15, 0.2) is 0 Å². The molecule has 0 N–H and O–H groups in total. The van der Waals surface area contributed by atoms with Gasteiger partial charge >= 0.3 is 0 Å². The van der Waals surface area contributed by atoms with Gasteiger partial charge in [-0.3, -0.25) is 0 Å². The minimum atomic E-state index is 0.198. The quantitative estimate of drug-likeness (QED) is 0.663. The molecule has 2 rings (SSSR count). The molecule has 2 aromatic rings. The van der Waals surface area contributed by atoms with Gasteiger partial charge in [-0.05, 0) is 5.56 Å². The van der Waals surface area contributed by atoms with Crippen molar-refractivity contribution in [3.63, 3.8) is 0 Å². The second-order valence-electron chi connectivity index (χ2n) is 2.50. The molecule has 0 amide bonds. The molecule has 0 spiro atoms. The van der Waals surface area contributed by atoms with E-state index in [-0.39, 0.29) is 6.30 Å². The van der Waals surface area contributed by atoms with Gasteiger partial charge in [0.1, 0.15) is 14.0 Å². The van der Waals surface area contributed by atoms with Crippen LogP contribution in [0.25, 0.3) is 0 Å². The first-order valence-corrected chi connectivity index (χ1v) is 3.74. The molecule has 12 heavy (non-hydrogen) atoms. The number of rotatable bonds is 2. The van der Waals surface area contributed by atoms with Crippen molar-refractivity contribution in [1.82, 2.24) is 14.8 Å². The SMILES string of the molecule is [2H]c1ncnn1Cc1ccccc1. The summed E-state index contributed by atoms with van der Waals surface area (Å²) in [5, 5.41) is 3.93. The maximum atomic E-state index is 7.39. The van der Waals surface area contributed by atoms with Crippen molar-refractivity contribution in [3.8, 4) is 0 Å². The molecular weight excluding hydrogens is 150 g/mol. The minimum Gasteiger partial charge on any atom is -0.249 e. The van der Waals surface area contributed by atoms with Crippen LogP contribution in [0.4, 0.5) is 0 Å². The fourth-order valence-electron chi connectivity index (χ4n) is 1.04. The van der Waals surface area contributed by atoms with Crippen LogP contribution < -0.4 is 0 Å². The molecule has 0 bridgehead atoms. The van der Waals surface area contributed by atoms with Crippen molar-refractivity contribution in [2.24, 2.45) is 0 Å². The highest BCUT2D eigenvalue weighted by Gasteiger charge is 1.92. The first-order valence-electron chi connectivity index (χ1n) is 4.24. The highest BCUT2D eigenvalue weighted by atomic mass is 15.3. The van der Waals surface area contributed by atoms with Crippen molar-refractivity contribution in [3.05, 3.63) is 48.5 Å². The lowest BCUT2D eigenvalue weighted by atomic mass is 10.2. The third kappa shape index (κ3) is 1.50. The molecule has 0 unspecified atom stereocenters. The average molecular weight is 160 g/mol. The van der Waals surface area contributed by atoms with Crippen LogP contribution in [-0.2, 0) is 6.54 Å². The molecule has 0 aliphatic carbocycles. The molecule has 1 aromatic heterocycles. The Hall–Kier alpha value is -1.64. The number of hydrogen-bond acceptors (Lipinski definition) is 2. The Balaban J connectivity index is 2.20.